The number of aromatic nitrogens is 4. The highest BCUT2D eigenvalue weighted by Crippen LogP contribution is 2.07. The van der Waals surface area contributed by atoms with Crippen LogP contribution in [0.5, 0.6) is 0 Å². The number of unbranched alkanes of at least 4 members (excludes halogenated alkanes) is 1. The third-order valence-electron chi connectivity index (χ3n) is 6.09. The van der Waals surface area contributed by atoms with Crippen LogP contribution < -0.4 is 38.9 Å². The van der Waals surface area contributed by atoms with E-state index < -0.39 is 47.9 Å². The van der Waals surface area contributed by atoms with E-state index in [1.165, 1.54) is 25.0 Å². The molecule has 14 N–H and O–H groups in total. The lowest BCUT2D eigenvalue weighted by Gasteiger charge is -2.25. The monoisotopic (exact) mass is 576 g/mol. The first-order chi connectivity index (χ1) is 19.6. The highest BCUT2D eigenvalue weighted by molar-refractivity contribution is 5.94. The lowest BCUT2D eigenvalue weighted by Crippen LogP contribution is -2.58. The van der Waals surface area contributed by atoms with Crippen LogP contribution in [0, 0.1) is 0 Å². The molecule has 0 bridgehead atoms. The van der Waals surface area contributed by atoms with Gasteiger partial charge in [-0.25, -0.2) is 14.8 Å². The number of carboxylic acid groups (broad SMARTS) is 1. The van der Waals surface area contributed by atoms with Gasteiger partial charge in [-0.3, -0.25) is 19.4 Å². The van der Waals surface area contributed by atoms with Crippen LogP contribution in [0.25, 0.3) is 0 Å². The van der Waals surface area contributed by atoms with Gasteiger partial charge >= 0.3 is 5.97 Å². The Morgan fingerprint density at radius 2 is 1.37 bits per heavy atom. The van der Waals surface area contributed by atoms with Gasteiger partial charge in [0.05, 0.1) is 18.7 Å². The number of hydrogen-bond donors (Lipinski definition) is 10. The van der Waals surface area contributed by atoms with E-state index in [1.54, 1.807) is 0 Å². The molecular weight excluding hydrogens is 536 g/mol. The fraction of sp³-hybridized carbons (Fsp3) is 0.542. The van der Waals surface area contributed by atoms with Gasteiger partial charge in [0.1, 0.15) is 18.1 Å². The standard InChI is InChI=1S/C24H40N12O5/c25-6-2-1-4-16(26)20(37)35-18(8-14-10-29-12-32-14)22(39)36-19(9-15-11-30-13-33-15)21(38)34-17(23(40)41)5-3-7-31-24(27)28/h10-13,16-19H,1-9,25-26H2,(H,29,32)(H,30,33)(H,34,38)(H,35,37)(H,36,39)(H,40,41)(H4,27,28,31). The van der Waals surface area contributed by atoms with Gasteiger partial charge in [-0.1, -0.05) is 6.42 Å². The zero-order valence-corrected chi connectivity index (χ0v) is 22.7. The number of carbonyl (C=O) groups excluding carboxylic acids is 3. The predicted octanol–water partition coefficient (Wildman–Crippen LogP) is -3.03. The summed E-state index contributed by atoms with van der Waals surface area (Å²) in [4.78, 5) is 68.7. The van der Waals surface area contributed by atoms with Crippen molar-refractivity contribution in [3.05, 3.63) is 36.4 Å². The molecule has 4 unspecified atom stereocenters. The number of aliphatic imine (C=N–C) groups is 1. The SMILES string of the molecule is NCCCCC(N)C(=O)NC(Cc1cnc[nH]1)C(=O)NC(Cc1cnc[nH]1)C(=O)NC(CCCN=C(N)N)C(=O)O. The zero-order valence-electron chi connectivity index (χ0n) is 22.7. The molecule has 3 amide bonds. The summed E-state index contributed by atoms with van der Waals surface area (Å²) >= 11 is 0. The number of H-pyrrole nitrogens is 2. The third kappa shape index (κ3) is 12.0. The summed E-state index contributed by atoms with van der Waals surface area (Å²) in [5.41, 5.74) is 23.2. The molecule has 0 aliphatic carbocycles. The van der Waals surface area contributed by atoms with Crippen molar-refractivity contribution in [2.24, 2.45) is 27.9 Å². The van der Waals surface area contributed by atoms with E-state index in [4.69, 9.17) is 22.9 Å². The Balaban J connectivity index is 2.18. The number of carbonyl (C=O) groups is 4. The smallest absolute Gasteiger partial charge is 0.326 e. The Morgan fingerprint density at radius 3 is 1.83 bits per heavy atom. The van der Waals surface area contributed by atoms with E-state index in [1.807, 2.05) is 0 Å². The van der Waals surface area contributed by atoms with Gasteiger partial charge in [-0.05, 0) is 32.2 Å². The average Bonchev–Trinajstić information content (AvgIpc) is 3.63. The number of guanidine groups is 1. The van der Waals surface area contributed by atoms with Crippen molar-refractivity contribution in [1.82, 2.24) is 35.9 Å². The van der Waals surface area contributed by atoms with Gasteiger partial charge in [-0.2, -0.15) is 0 Å². The van der Waals surface area contributed by atoms with E-state index in [9.17, 15) is 24.3 Å². The molecule has 0 spiro atoms. The summed E-state index contributed by atoms with van der Waals surface area (Å²) in [5, 5.41) is 17.4. The minimum absolute atomic E-state index is 0.0265. The molecule has 0 radical (unpaired) electrons. The van der Waals surface area contributed by atoms with Crippen molar-refractivity contribution < 1.29 is 24.3 Å². The van der Waals surface area contributed by atoms with Gasteiger partial charge in [0.2, 0.25) is 17.7 Å². The molecule has 226 valence electrons. The Hall–Kier alpha value is -4.51. The summed E-state index contributed by atoms with van der Waals surface area (Å²) < 4.78 is 0. The molecule has 0 fully saturated rings. The minimum atomic E-state index is -1.26. The number of nitrogens with two attached hydrogens (primary N) is 4. The van der Waals surface area contributed by atoms with Crippen molar-refractivity contribution in [2.45, 2.75) is 69.1 Å². The fourth-order valence-corrected chi connectivity index (χ4v) is 3.88. The topological polar surface area (TPSA) is 298 Å². The van der Waals surface area contributed by atoms with Crippen LogP contribution >= 0.6 is 0 Å². The number of nitrogens with one attached hydrogen (secondary N) is 5. The second-order valence-corrected chi connectivity index (χ2v) is 9.42. The number of nitrogens with zero attached hydrogens (tertiary/aromatic N) is 3. The number of rotatable bonds is 19. The molecule has 2 aromatic rings. The highest BCUT2D eigenvalue weighted by atomic mass is 16.4. The van der Waals surface area contributed by atoms with Crippen molar-refractivity contribution >= 4 is 29.7 Å². The maximum atomic E-state index is 13.4. The van der Waals surface area contributed by atoms with Crippen LogP contribution in [-0.4, -0.2) is 91.9 Å². The van der Waals surface area contributed by atoms with E-state index in [2.05, 4.69) is 40.9 Å². The van der Waals surface area contributed by atoms with Crippen LogP contribution in [0.3, 0.4) is 0 Å². The van der Waals surface area contributed by atoms with Gasteiger partial charge in [0.25, 0.3) is 0 Å². The fourth-order valence-electron chi connectivity index (χ4n) is 3.88. The van der Waals surface area contributed by atoms with Crippen LogP contribution in [0.2, 0.25) is 0 Å². The number of amides is 3. The molecule has 41 heavy (non-hydrogen) atoms. The maximum Gasteiger partial charge on any atom is 0.326 e. The first-order valence-corrected chi connectivity index (χ1v) is 13.2. The molecule has 2 heterocycles. The summed E-state index contributed by atoms with van der Waals surface area (Å²) in [6.45, 7) is 0.650. The molecule has 2 aromatic heterocycles. The molecule has 0 aliphatic heterocycles. The minimum Gasteiger partial charge on any atom is -0.480 e. The van der Waals surface area contributed by atoms with E-state index in [-0.39, 0.29) is 38.2 Å². The third-order valence-corrected chi connectivity index (χ3v) is 6.09. The summed E-state index contributed by atoms with van der Waals surface area (Å²) in [5.74, 6) is -3.35. The normalized spacial score (nSPS) is 13.8. The molecular formula is C24H40N12O5. The first kappa shape index (κ1) is 32.7. The lowest BCUT2D eigenvalue weighted by atomic mass is 10.1. The molecule has 17 nitrogen and oxygen atoms in total. The van der Waals surface area contributed by atoms with Crippen LogP contribution in [0.1, 0.15) is 43.5 Å². The van der Waals surface area contributed by atoms with Crippen LogP contribution in [0.4, 0.5) is 0 Å². The second kappa shape index (κ2) is 17.2. The van der Waals surface area contributed by atoms with E-state index >= 15 is 0 Å². The predicted molar refractivity (Wildman–Crippen MR) is 149 cm³/mol. The Morgan fingerprint density at radius 1 is 0.829 bits per heavy atom. The van der Waals surface area contributed by atoms with Gasteiger partial charge in [0, 0.05) is 43.2 Å². The van der Waals surface area contributed by atoms with Gasteiger partial charge < -0.3 is 54.0 Å². The quantitative estimate of drug-likeness (QED) is 0.0455. The van der Waals surface area contributed by atoms with E-state index in [0.29, 0.717) is 37.2 Å². The number of hydrogen-bond acceptors (Lipinski definition) is 9. The first-order valence-electron chi connectivity index (χ1n) is 13.2. The molecule has 0 aromatic carbocycles. The molecule has 17 heteroatoms. The second-order valence-electron chi connectivity index (χ2n) is 9.42. The number of imidazole rings is 2. The Kier molecular flexibility index (Phi) is 13.7. The zero-order chi connectivity index (χ0) is 30.2. The Labute approximate surface area is 236 Å². The molecule has 2 rings (SSSR count). The largest absolute Gasteiger partial charge is 0.480 e. The van der Waals surface area contributed by atoms with Crippen LogP contribution in [-0.2, 0) is 32.0 Å². The van der Waals surface area contributed by atoms with Crippen molar-refractivity contribution in [3.63, 3.8) is 0 Å². The maximum absolute atomic E-state index is 13.4. The van der Waals surface area contributed by atoms with Crippen molar-refractivity contribution in [3.8, 4) is 0 Å². The lowest BCUT2D eigenvalue weighted by molar-refractivity contribution is -0.142. The summed E-state index contributed by atoms with van der Waals surface area (Å²) in [6, 6.07) is -4.44. The molecule has 4 atom stereocenters. The highest BCUT2D eigenvalue weighted by Gasteiger charge is 2.31. The molecule has 0 saturated heterocycles. The average molecular weight is 577 g/mol. The number of carboxylic acids is 1. The summed E-state index contributed by atoms with van der Waals surface area (Å²) in [7, 11) is 0. The van der Waals surface area contributed by atoms with Crippen LogP contribution in [0.15, 0.2) is 30.0 Å². The van der Waals surface area contributed by atoms with Crippen molar-refractivity contribution in [1.29, 1.82) is 0 Å². The van der Waals surface area contributed by atoms with Gasteiger partial charge in [0.15, 0.2) is 5.96 Å². The summed E-state index contributed by atoms with van der Waals surface area (Å²) in [6.07, 6.45) is 7.88. The van der Waals surface area contributed by atoms with Crippen molar-refractivity contribution in [2.75, 3.05) is 13.1 Å². The molecule has 0 saturated carbocycles. The molecule has 0 aliphatic rings. The van der Waals surface area contributed by atoms with Gasteiger partial charge in [-0.15, -0.1) is 0 Å². The number of aliphatic carboxylic acids is 1. The Bertz CT molecular complexity index is 1120. The number of aromatic amines is 2. The van der Waals surface area contributed by atoms with E-state index in [0.717, 1.165) is 0 Å².